The first-order chi connectivity index (χ1) is 8.16. The minimum Gasteiger partial charge on any atom is -0.362 e. The molecule has 0 amide bonds. The zero-order valence-corrected chi connectivity index (χ0v) is 10.0. The molecule has 2 rings (SSSR count). The zero-order valence-electron chi connectivity index (χ0n) is 8.46. The molecule has 17 heavy (non-hydrogen) atoms. The van der Waals surface area contributed by atoms with Crippen LogP contribution in [0.5, 0.6) is 0 Å². The highest BCUT2D eigenvalue weighted by molar-refractivity contribution is 9.10. The van der Waals surface area contributed by atoms with E-state index < -0.39 is 4.92 Å². The lowest BCUT2D eigenvalue weighted by atomic mass is 10.4. The van der Waals surface area contributed by atoms with E-state index in [1.807, 2.05) is 0 Å². The van der Waals surface area contributed by atoms with Crippen LogP contribution in [0.2, 0.25) is 0 Å². The third-order valence-electron chi connectivity index (χ3n) is 1.96. The lowest BCUT2D eigenvalue weighted by molar-refractivity contribution is -0.385. The molecule has 0 aliphatic rings. The van der Waals surface area contributed by atoms with Gasteiger partial charge in [0.15, 0.2) is 5.76 Å². The van der Waals surface area contributed by atoms with E-state index in [2.05, 4.69) is 31.4 Å². The number of nitrogens with one attached hydrogen (secondary N) is 1. The van der Waals surface area contributed by atoms with Gasteiger partial charge in [-0.2, -0.15) is 0 Å². The van der Waals surface area contributed by atoms with Crippen LogP contribution in [0, 0.1) is 10.1 Å². The van der Waals surface area contributed by atoms with E-state index in [0.717, 1.165) is 0 Å². The molecule has 2 aromatic heterocycles. The van der Waals surface area contributed by atoms with Gasteiger partial charge in [0, 0.05) is 12.1 Å². The van der Waals surface area contributed by atoms with E-state index in [4.69, 9.17) is 4.52 Å². The van der Waals surface area contributed by atoms with Crippen molar-refractivity contribution < 1.29 is 9.45 Å². The van der Waals surface area contributed by atoms with Gasteiger partial charge >= 0.3 is 0 Å². The Kier molecular flexibility index (Phi) is 3.33. The number of hydrogen-bond acceptors (Lipinski definition) is 6. The molecular formula is C9H7BrN4O3. The summed E-state index contributed by atoms with van der Waals surface area (Å²) in [6, 6.07) is 3.10. The van der Waals surface area contributed by atoms with Gasteiger partial charge in [0.25, 0.3) is 5.69 Å². The quantitative estimate of drug-likeness (QED) is 0.688. The monoisotopic (exact) mass is 298 g/mol. The van der Waals surface area contributed by atoms with Crippen molar-refractivity contribution in [1.29, 1.82) is 0 Å². The molecule has 8 heteroatoms. The molecule has 88 valence electrons. The van der Waals surface area contributed by atoms with Crippen LogP contribution in [0.25, 0.3) is 0 Å². The second-order valence-electron chi connectivity index (χ2n) is 3.11. The van der Waals surface area contributed by atoms with Crippen LogP contribution >= 0.6 is 15.9 Å². The maximum absolute atomic E-state index is 10.5. The average Bonchev–Trinajstić information content (AvgIpc) is 2.80. The molecule has 0 fully saturated rings. The van der Waals surface area contributed by atoms with Crippen molar-refractivity contribution in [3.8, 4) is 0 Å². The Hall–Kier alpha value is -1.96. The van der Waals surface area contributed by atoms with Crippen LogP contribution in [0.3, 0.4) is 0 Å². The molecule has 0 atom stereocenters. The number of anilines is 1. The first kappa shape index (κ1) is 11.5. The summed E-state index contributed by atoms with van der Waals surface area (Å²) in [4.78, 5) is 13.9. The summed E-state index contributed by atoms with van der Waals surface area (Å²) in [6.45, 7) is 0.406. The van der Waals surface area contributed by atoms with Crippen molar-refractivity contribution in [3.63, 3.8) is 0 Å². The van der Waals surface area contributed by atoms with Gasteiger partial charge in [-0.25, -0.2) is 4.98 Å². The second-order valence-corrected chi connectivity index (χ2v) is 3.97. The van der Waals surface area contributed by atoms with Gasteiger partial charge in [0.1, 0.15) is 12.0 Å². The Bertz CT molecular complexity index is 529. The highest BCUT2D eigenvalue weighted by atomic mass is 79.9. The molecular weight excluding hydrogens is 292 g/mol. The van der Waals surface area contributed by atoms with Gasteiger partial charge in [-0.15, -0.1) is 0 Å². The van der Waals surface area contributed by atoms with E-state index in [1.54, 1.807) is 6.07 Å². The average molecular weight is 299 g/mol. The number of rotatable bonds is 4. The van der Waals surface area contributed by atoms with Gasteiger partial charge in [-0.3, -0.25) is 10.1 Å². The highest BCUT2D eigenvalue weighted by Crippen LogP contribution is 2.24. The van der Waals surface area contributed by atoms with Crippen molar-refractivity contribution in [3.05, 3.63) is 44.9 Å². The topological polar surface area (TPSA) is 94.1 Å². The molecule has 0 aliphatic heterocycles. The fourth-order valence-corrected chi connectivity index (χ4v) is 1.64. The van der Waals surface area contributed by atoms with Gasteiger partial charge in [0.05, 0.1) is 22.1 Å². The summed E-state index contributed by atoms with van der Waals surface area (Å²) in [5, 5.41) is 17.0. The van der Waals surface area contributed by atoms with E-state index in [1.165, 1.54) is 18.5 Å². The molecule has 0 radical (unpaired) electrons. The second kappa shape index (κ2) is 4.91. The molecule has 0 aromatic carbocycles. The smallest absolute Gasteiger partial charge is 0.288 e. The van der Waals surface area contributed by atoms with Crippen molar-refractivity contribution in [2.45, 2.75) is 6.54 Å². The minimum atomic E-state index is -0.502. The Balaban J connectivity index is 2.09. The van der Waals surface area contributed by atoms with Crippen LogP contribution in [0.1, 0.15) is 5.76 Å². The summed E-state index contributed by atoms with van der Waals surface area (Å²) >= 11 is 3.20. The lowest BCUT2D eigenvalue weighted by Crippen LogP contribution is -2.02. The first-order valence-corrected chi connectivity index (χ1v) is 5.39. The lowest BCUT2D eigenvalue weighted by Gasteiger charge is -2.04. The fourth-order valence-electron chi connectivity index (χ4n) is 1.16. The Morgan fingerprint density at radius 3 is 3.00 bits per heavy atom. The van der Waals surface area contributed by atoms with E-state index in [0.29, 0.717) is 22.6 Å². The van der Waals surface area contributed by atoms with Crippen molar-refractivity contribution in [1.82, 2.24) is 10.1 Å². The SMILES string of the molecule is O=[N+]([O-])c1cnc(NCc2ccno2)c(Br)c1. The van der Waals surface area contributed by atoms with Crippen LogP contribution in [0.4, 0.5) is 11.5 Å². The summed E-state index contributed by atoms with van der Waals surface area (Å²) in [5.41, 5.74) is -0.0675. The predicted molar refractivity (Wildman–Crippen MR) is 62.4 cm³/mol. The van der Waals surface area contributed by atoms with E-state index in [9.17, 15) is 10.1 Å². The predicted octanol–water partition coefficient (Wildman–Crippen LogP) is 2.35. The first-order valence-electron chi connectivity index (χ1n) is 4.60. The van der Waals surface area contributed by atoms with Crippen LogP contribution in [-0.2, 0) is 6.54 Å². The van der Waals surface area contributed by atoms with Crippen molar-refractivity contribution in [2.24, 2.45) is 0 Å². The normalized spacial score (nSPS) is 10.2. The summed E-state index contributed by atoms with van der Waals surface area (Å²) in [5.74, 6) is 1.16. The van der Waals surface area contributed by atoms with E-state index in [-0.39, 0.29) is 5.69 Å². The molecule has 2 heterocycles. The molecule has 2 aromatic rings. The largest absolute Gasteiger partial charge is 0.362 e. The van der Waals surface area contributed by atoms with Crippen molar-refractivity contribution in [2.75, 3.05) is 5.32 Å². The summed E-state index contributed by atoms with van der Waals surface area (Å²) in [7, 11) is 0. The molecule has 7 nitrogen and oxygen atoms in total. The maximum Gasteiger partial charge on any atom is 0.288 e. The van der Waals surface area contributed by atoms with Gasteiger partial charge in [-0.1, -0.05) is 5.16 Å². The molecule has 0 spiro atoms. The molecule has 1 N–H and O–H groups in total. The van der Waals surface area contributed by atoms with Crippen LogP contribution in [0.15, 0.2) is 33.5 Å². The van der Waals surface area contributed by atoms with Crippen LogP contribution in [-0.4, -0.2) is 15.1 Å². The standard InChI is InChI=1S/C9H7BrN4O3/c10-8-3-6(14(15)16)4-11-9(8)12-5-7-1-2-13-17-7/h1-4H,5H2,(H,11,12). The van der Waals surface area contributed by atoms with E-state index >= 15 is 0 Å². The molecule has 0 aliphatic carbocycles. The molecule has 0 unspecified atom stereocenters. The fraction of sp³-hybridized carbons (Fsp3) is 0.111. The summed E-state index contributed by atoms with van der Waals surface area (Å²) < 4.78 is 5.41. The Morgan fingerprint density at radius 2 is 2.41 bits per heavy atom. The Labute approximate surface area is 104 Å². The van der Waals surface area contributed by atoms with Gasteiger partial charge in [0.2, 0.25) is 0 Å². The van der Waals surface area contributed by atoms with Gasteiger partial charge in [-0.05, 0) is 15.9 Å². The third kappa shape index (κ3) is 2.78. The van der Waals surface area contributed by atoms with Crippen molar-refractivity contribution >= 4 is 27.4 Å². The minimum absolute atomic E-state index is 0.0675. The summed E-state index contributed by atoms with van der Waals surface area (Å²) in [6.07, 6.45) is 2.73. The number of nitro groups is 1. The van der Waals surface area contributed by atoms with Crippen LogP contribution < -0.4 is 5.32 Å². The maximum atomic E-state index is 10.5. The number of nitrogens with zero attached hydrogens (tertiary/aromatic N) is 3. The highest BCUT2D eigenvalue weighted by Gasteiger charge is 2.10. The third-order valence-corrected chi connectivity index (χ3v) is 2.56. The zero-order chi connectivity index (χ0) is 12.3. The number of hydrogen-bond donors (Lipinski definition) is 1. The molecule has 0 bridgehead atoms. The number of pyridine rings is 1. The number of aromatic nitrogens is 2. The molecule has 0 saturated carbocycles. The van der Waals surface area contributed by atoms with Gasteiger partial charge < -0.3 is 9.84 Å². The Morgan fingerprint density at radius 1 is 1.59 bits per heavy atom. The molecule has 0 saturated heterocycles. The number of halogens is 1.